The molecule has 0 aliphatic carbocycles. The summed E-state index contributed by atoms with van der Waals surface area (Å²) in [4.78, 5) is 36.4. The molecule has 0 aliphatic heterocycles. The standard InChI is InChI=1S/C21H17N3O5S/c1-29-18-9-3-2-8-16(18)22-20(25)17(23-21(26)19-10-5-11-30-19)13-14-6-4-7-15(12-14)24(27)28/h2-13H,1H3,(H,22,25)(H,23,26). The molecule has 0 saturated heterocycles. The van der Waals surface area contributed by atoms with Crippen molar-refractivity contribution in [2.45, 2.75) is 0 Å². The van der Waals surface area contributed by atoms with E-state index in [9.17, 15) is 19.7 Å². The summed E-state index contributed by atoms with van der Waals surface area (Å²) < 4.78 is 5.23. The average molecular weight is 423 g/mol. The molecule has 30 heavy (non-hydrogen) atoms. The van der Waals surface area contributed by atoms with Gasteiger partial charge in [-0.1, -0.05) is 30.3 Å². The number of ether oxygens (including phenoxy) is 1. The summed E-state index contributed by atoms with van der Waals surface area (Å²) in [6.07, 6.45) is 1.38. The first-order chi connectivity index (χ1) is 14.5. The van der Waals surface area contributed by atoms with Gasteiger partial charge in [0.1, 0.15) is 11.4 Å². The highest BCUT2D eigenvalue weighted by Crippen LogP contribution is 2.24. The zero-order chi connectivity index (χ0) is 21.5. The van der Waals surface area contributed by atoms with Crippen LogP contribution < -0.4 is 15.4 Å². The van der Waals surface area contributed by atoms with Crippen LogP contribution in [0.3, 0.4) is 0 Å². The molecule has 0 saturated carbocycles. The molecule has 0 unspecified atom stereocenters. The van der Waals surface area contributed by atoms with Gasteiger partial charge in [0.15, 0.2) is 0 Å². The number of nitro benzene ring substituents is 1. The van der Waals surface area contributed by atoms with Crippen LogP contribution in [0.4, 0.5) is 11.4 Å². The lowest BCUT2D eigenvalue weighted by molar-refractivity contribution is -0.384. The monoisotopic (exact) mass is 423 g/mol. The first-order valence-electron chi connectivity index (χ1n) is 8.73. The first kappa shape index (κ1) is 20.7. The second-order valence-corrected chi connectivity index (χ2v) is 6.94. The minimum atomic E-state index is -0.601. The van der Waals surface area contributed by atoms with Crippen LogP contribution >= 0.6 is 11.3 Å². The fraction of sp³-hybridized carbons (Fsp3) is 0.0476. The van der Waals surface area contributed by atoms with Crippen LogP contribution in [0.25, 0.3) is 6.08 Å². The van der Waals surface area contributed by atoms with E-state index in [1.807, 2.05) is 0 Å². The summed E-state index contributed by atoms with van der Waals surface area (Å²) in [5.74, 6) is -0.613. The summed E-state index contributed by atoms with van der Waals surface area (Å²) in [5, 5.41) is 18.1. The molecule has 9 heteroatoms. The average Bonchev–Trinajstić information content (AvgIpc) is 3.29. The maximum Gasteiger partial charge on any atom is 0.272 e. The van der Waals surface area contributed by atoms with Crippen molar-refractivity contribution in [2.75, 3.05) is 12.4 Å². The molecule has 8 nitrogen and oxygen atoms in total. The van der Waals surface area contributed by atoms with E-state index in [4.69, 9.17) is 4.74 Å². The van der Waals surface area contributed by atoms with Crippen LogP contribution in [0.1, 0.15) is 15.2 Å². The molecule has 2 amide bonds. The van der Waals surface area contributed by atoms with Crippen LogP contribution in [-0.4, -0.2) is 23.8 Å². The number of hydrogen-bond acceptors (Lipinski definition) is 6. The van der Waals surface area contributed by atoms with E-state index in [1.165, 1.54) is 42.7 Å². The molecule has 152 valence electrons. The van der Waals surface area contributed by atoms with Gasteiger partial charge in [0.25, 0.3) is 17.5 Å². The molecule has 1 aromatic heterocycles. The SMILES string of the molecule is COc1ccccc1NC(=O)C(=Cc1cccc([N+](=O)[O-])c1)NC(=O)c1cccs1. The van der Waals surface area contributed by atoms with Gasteiger partial charge in [-0.05, 0) is 35.2 Å². The number of methoxy groups -OCH3 is 1. The van der Waals surface area contributed by atoms with Crippen molar-refractivity contribution in [1.29, 1.82) is 0 Å². The number of anilines is 1. The molecular weight excluding hydrogens is 406 g/mol. The number of hydrogen-bond donors (Lipinski definition) is 2. The van der Waals surface area contributed by atoms with Crippen molar-refractivity contribution in [3.63, 3.8) is 0 Å². The van der Waals surface area contributed by atoms with Crippen molar-refractivity contribution in [3.05, 3.63) is 92.3 Å². The van der Waals surface area contributed by atoms with Crippen LogP contribution in [0, 0.1) is 10.1 Å². The van der Waals surface area contributed by atoms with Gasteiger partial charge >= 0.3 is 0 Å². The number of non-ortho nitro benzene ring substituents is 1. The second-order valence-electron chi connectivity index (χ2n) is 6.00. The van der Waals surface area contributed by atoms with E-state index in [0.29, 0.717) is 21.9 Å². The number of carbonyl (C=O) groups excluding carboxylic acids is 2. The summed E-state index contributed by atoms with van der Waals surface area (Å²) >= 11 is 1.23. The number of amides is 2. The Morgan fingerprint density at radius 3 is 2.60 bits per heavy atom. The molecular formula is C21H17N3O5S. The molecule has 0 fully saturated rings. The Morgan fingerprint density at radius 1 is 1.10 bits per heavy atom. The number of thiophene rings is 1. The number of nitrogens with one attached hydrogen (secondary N) is 2. The maximum absolute atomic E-state index is 12.9. The molecule has 3 aromatic rings. The van der Waals surface area contributed by atoms with Crippen molar-refractivity contribution in [2.24, 2.45) is 0 Å². The second kappa shape index (κ2) is 9.48. The summed E-state index contributed by atoms with van der Waals surface area (Å²) in [6, 6.07) is 15.9. The van der Waals surface area contributed by atoms with Gasteiger partial charge in [0.05, 0.1) is 22.6 Å². The van der Waals surface area contributed by atoms with E-state index in [1.54, 1.807) is 47.8 Å². The van der Waals surface area contributed by atoms with E-state index in [0.717, 1.165) is 0 Å². The van der Waals surface area contributed by atoms with Gasteiger partial charge in [-0.3, -0.25) is 19.7 Å². The zero-order valence-corrected chi connectivity index (χ0v) is 16.6. The van der Waals surface area contributed by atoms with Crippen LogP contribution in [0.15, 0.2) is 71.7 Å². The number of rotatable bonds is 7. The Balaban J connectivity index is 1.94. The van der Waals surface area contributed by atoms with Gasteiger partial charge < -0.3 is 15.4 Å². The number of para-hydroxylation sites is 2. The molecule has 0 bridgehead atoms. The third-order valence-electron chi connectivity index (χ3n) is 3.99. The summed E-state index contributed by atoms with van der Waals surface area (Å²) in [6.45, 7) is 0. The Labute approximate surface area is 176 Å². The van der Waals surface area contributed by atoms with Crippen LogP contribution in [-0.2, 0) is 4.79 Å². The number of carbonyl (C=O) groups is 2. The van der Waals surface area contributed by atoms with Crippen LogP contribution in [0.2, 0.25) is 0 Å². The molecule has 0 aliphatic rings. The number of nitro groups is 1. The van der Waals surface area contributed by atoms with Crippen molar-refractivity contribution in [1.82, 2.24) is 5.32 Å². The molecule has 0 radical (unpaired) electrons. The molecule has 0 atom stereocenters. The minimum absolute atomic E-state index is 0.0696. The summed E-state index contributed by atoms with van der Waals surface area (Å²) in [5.41, 5.74) is 0.610. The van der Waals surface area contributed by atoms with Crippen LogP contribution in [0.5, 0.6) is 5.75 Å². The zero-order valence-electron chi connectivity index (χ0n) is 15.8. The first-order valence-corrected chi connectivity index (χ1v) is 9.61. The molecule has 2 aromatic carbocycles. The Kier molecular flexibility index (Phi) is 6.56. The van der Waals surface area contributed by atoms with Crippen molar-refractivity contribution >= 4 is 40.6 Å². The van der Waals surface area contributed by atoms with Gasteiger partial charge in [-0.15, -0.1) is 11.3 Å². The van der Waals surface area contributed by atoms with E-state index >= 15 is 0 Å². The van der Waals surface area contributed by atoms with Gasteiger partial charge in [-0.25, -0.2) is 0 Å². The predicted molar refractivity (Wildman–Crippen MR) is 114 cm³/mol. The fourth-order valence-corrected chi connectivity index (χ4v) is 3.20. The Hall–Kier alpha value is -3.98. The Bertz CT molecular complexity index is 1110. The van der Waals surface area contributed by atoms with E-state index in [-0.39, 0.29) is 11.4 Å². The highest BCUT2D eigenvalue weighted by Gasteiger charge is 2.17. The van der Waals surface area contributed by atoms with Crippen molar-refractivity contribution in [3.8, 4) is 5.75 Å². The smallest absolute Gasteiger partial charge is 0.272 e. The lowest BCUT2D eigenvalue weighted by Crippen LogP contribution is -2.30. The molecule has 1 heterocycles. The quantitative estimate of drug-likeness (QED) is 0.338. The Morgan fingerprint density at radius 2 is 1.90 bits per heavy atom. The lowest BCUT2D eigenvalue weighted by atomic mass is 10.1. The number of benzene rings is 2. The topological polar surface area (TPSA) is 111 Å². The highest BCUT2D eigenvalue weighted by atomic mass is 32.1. The maximum atomic E-state index is 12.9. The minimum Gasteiger partial charge on any atom is -0.495 e. The summed E-state index contributed by atoms with van der Waals surface area (Å²) in [7, 11) is 1.48. The normalized spacial score (nSPS) is 10.9. The van der Waals surface area contributed by atoms with E-state index < -0.39 is 16.7 Å². The lowest BCUT2D eigenvalue weighted by Gasteiger charge is -2.13. The van der Waals surface area contributed by atoms with E-state index in [2.05, 4.69) is 10.6 Å². The molecule has 3 rings (SSSR count). The third-order valence-corrected chi connectivity index (χ3v) is 4.85. The number of nitrogens with zero attached hydrogens (tertiary/aromatic N) is 1. The van der Waals surface area contributed by atoms with Gasteiger partial charge in [0.2, 0.25) is 0 Å². The molecule has 0 spiro atoms. The third kappa shape index (κ3) is 5.09. The van der Waals surface area contributed by atoms with Crippen molar-refractivity contribution < 1.29 is 19.2 Å². The van der Waals surface area contributed by atoms with Gasteiger partial charge in [0, 0.05) is 12.1 Å². The highest BCUT2D eigenvalue weighted by molar-refractivity contribution is 7.12. The van der Waals surface area contributed by atoms with Gasteiger partial charge in [-0.2, -0.15) is 0 Å². The molecule has 2 N–H and O–H groups in total. The largest absolute Gasteiger partial charge is 0.495 e. The predicted octanol–water partition coefficient (Wildman–Crippen LogP) is 4.07. The fourth-order valence-electron chi connectivity index (χ4n) is 2.58.